The van der Waals surface area contributed by atoms with Crippen LogP contribution in [0.15, 0.2) is 48.5 Å². The molecular weight excluding hydrogens is 420 g/mol. The summed E-state index contributed by atoms with van der Waals surface area (Å²) >= 11 is 0. The van der Waals surface area contributed by atoms with E-state index in [9.17, 15) is 14.4 Å². The largest absolute Gasteiger partial charge is 0.481 e. The highest BCUT2D eigenvalue weighted by Gasteiger charge is 2.31. The Kier molecular flexibility index (Phi) is 7.41. The molecule has 1 aliphatic rings. The van der Waals surface area contributed by atoms with E-state index in [1.807, 2.05) is 38.1 Å². The Labute approximate surface area is 194 Å². The molecule has 1 aliphatic carbocycles. The van der Waals surface area contributed by atoms with Crippen molar-refractivity contribution in [1.82, 2.24) is 10.6 Å². The van der Waals surface area contributed by atoms with Crippen LogP contribution in [0.5, 0.6) is 0 Å². The Bertz CT molecular complexity index is 985. The smallest absolute Gasteiger partial charge is 0.407 e. The molecule has 1 atom stereocenters. The highest BCUT2D eigenvalue weighted by Crippen LogP contribution is 2.44. The number of rotatable bonds is 9. The van der Waals surface area contributed by atoms with Crippen LogP contribution in [0, 0.1) is 11.8 Å². The van der Waals surface area contributed by atoms with Gasteiger partial charge in [0.1, 0.15) is 6.61 Å². The number of carboxylic acids is 1. The van der Waals surface area contributed by atoms with E-state index in [1.165, 1.54) is 0 Å². The highest BCUT2D eigenvalue weighted by molar-refractivity contribution is 5.82. The number of carbonyl (C=O) groups excluding carboxylic acids is 2. The van der Waals surface area contributed by atoms with Crippen LogP contribution >= 0.6 is 0 Å². The van der Waals surface area contributed by atoms with E-state index in [2.05, 4.69) is 34.9 Å². The van der Waals surface area contributed by atoms with E-state index in [4.69, 9.17) is 9.84 Å². The van der Waals surface area contributed by atoms with E-state index >= 15 is 0 Å². The molecule has 1 unspecified atom stereocenters. The molecule has 2 aromatic rings. The maximum atomic E-state index is 12.7. The van der Waals surface area contributed by atoms with Gasteiger partial charge >= 0.3 is 12.1 Å². The van der Waals surface area contributed by atoms with Crippen LogP contribution in [0.1, 0.15) is 51.2 Å². The summed E-state index contributed by atoms with van der Waals surface area (Å²) in [7, 11) is 0. The van der Waals surface area contributed by atoms with Gasteiger partial charge in [0.25, 0.3) is 0 Å². The van der Waals surface area contributed by atoms with Crippen molar-refractivity contribution in [1.29, 1.82) is 0 Å². The summed E-state index contributed by atoms with van der Waals surface area (Å²) in [5.41, 5.74) is 3.68. The fourth-order valence-corrected chi connectivity index (χ4v) is 4.32. The molecule has 33 heavy (non-hydrogen) atoms. The summed E-state index contributed by atoms with van der Waals surface area (Å²) in [6.07, 6.45) is -0.774. The predicted molar refractivity (Wildman–Crippen MR) is 126 cm³/mol. The van der Waals surface area contributed by atoms with Gasteiger partial charge in [-0.2, -0.15) is 0 Å². The number of aliphatic carboxylic acids is 1. The number of benzene rings is 2. The van der Waals surface area contributed by atoms with Crippen LogP contribution in [0.25, 0.3) is 11.1 Å². The molecule has 0 fully saturated rings. The summed E-state index contributed by atoms with van der Waals surface area (Å²) in [4.78, 5) is 36.2. The number of fused-ring (bicyclic) bond motifs is 3. The Balaban J connectivity index is 1.58. The van der Waals surface area contributed by atoms with Crippen LogP contribution < -0.4 is 10.6 Å². The number of hydrogen-bond donors (Lipinski definition) is 3. The first-order chi connectivity index (χ1) is 15.6. The van der Waals surface area contributed by atoms with Crippen molar-refractivity contribution >= 4 is 18.0 Å². The molecule has 0 spiro atoms. The normalized spacial score (nSPS) is 13.7. The van der Waals surface area contributed by atoms with E-state index < -0.39 is 23.5 Å². The molecule has 0 bridgehead atoms. The number of carboxylic acid groups (broad SMARTS) is 1. The van der Waals surface area contributed by atoms with Crippen LogP contribution in [0.4, 0.5) is 4.79 Å². The van der Waals surface area contributed by atoms with E-state index in [0.29, 0.717) is 0 Å². The molecule has 2 amide bonds. The van der Waals surface area contributed by atoms with Crippen LogP contribution in [-0.2, 0) is 14.3 Å². The zero-order valence-corrected chi connectivity index (χ0v) is 19.6. The van der Waals surface area contributed by atoms with E-state index in [-0.39, 0.29) is 37.3 Å². The Hall–Kier alpha value is -3.35. The Morgan fingerprint density at radius 3 is 2.06 bits per heavy atom. The molecule has 0 saturated heterocycles. The van der Waals surface area contributed by atoms with Gasteiger partial charge in [-0.1, -0.05) is 62.4 Å². The minimum Gasteiger partial charge on any atom is -0.481 e. The van der Waals surface area contributed by atoms with Crippen LogP contribution in [-0.4, -0.2) is 41.8 Å². The predicted octanol–water partition coefficient (Wildman–Crippen LogP) is 4.17. The van der Waals surface area contributed by atoms with Crippen molar-refractivity contribution in [2.75, 3.05) is 13.2 Å². The lowest BCUT2D eigenvalue weighted by molar-refractivity contribution is -0.139. The van der Waals surface area contributed by atoms with Gasteiger partial charge in [0.15, 0.2) is 0 Å². The van der Waals surface area contributed by atoms with Gasteiger partial charge in [0.05, 0.1) is 12.3 Å². The standard InChI is InChI=1S/C26H32N2O5/c1-16(2)21(24(31)28-26(3,4)13-23(29)30)14-27-25(32)33-15-22-19-11-7-5-9-17(19)18-10-6-8-12-20(18)22/h5-12,16,21-22H,13-15H2,1-4H3,(H,27,32)(H,28,31)(H,29,30). The van der Waals surface area contributed by atoms with Gasteiger partial charge in [0.2, 0.25) is 5.91 Å². The number of ether oxygens (including phenoxy) is 1. The fraction of sp³-hybridized carbons (Fsp3) is 0.423. The molecule has 0 aliphatic heterocycles. The molecule has 0 heterocycles. The average Bonchev–Trinajstić information content (AvgIpc) is 3.04. The number of alkyl carbamates (subject to hydrolysis) is 1. The third-order valence-electron chi connectivity index (χ3n) is 6.01. The van der Waals surface area contributed by atoms with Crippen molar-refractivity contribution in [3.8, 4) is 11.1 Å². The molecule has 176 valence electrons. The van der Waals surface area contributed by atoms with Crippen molar-refractivity contribution in [2.24, 2.45) is 11.8 Å². The zero-order valence-electron chi connectivity index (χ0n) is 19.6. The Morgan fingerprint density at radius 2 is 1.55 bits per heavy atom. The molecule has 7 nitrogen and oxygen atoms in total. The lowest BCUT2D eigenvalue weighted by Crippen LogP contribution is -2.50. The minimum absolute atomic E-state index is 0.0378. The molecule has 3 rings (SSSR count). The van der Waals surface area contributed by atoms with Gasteiger partial charge in [0, 0.05) is 18.0 Å². The van der Waals surface area contributed by atoms with Gasteiger partial charge < -0.3 is 20.5 Å². The number of amides is 2. The maximum Gasteiger partial charge on any atom is 0.407 e. The second-order valence-corrected chi connectivity index (χ2v) is 9.50. The Morgan fingerprint density at radius 1 is 1.00 bits per heavy atom. The third-order valence-corrected chi connectivity index (χ3v) is 6.01. The quantitative estimate of drug-likeness (QED) is 0.530. The summed E-state index contributed by atoms with van der Waals surface area (Å²) in [6.45, 7) is 7.39. The molecule has 7 heteroatoms. The summed E-state index contributed by atoms with van der Waals surface area (Å²) in [5.74, 6) is -1.89. The third kappa shape index (κ3) is 5.92. The van der Waals surface area contributed by atoms with Crippen molar-refractivity contribution in [2.45, 2.75) is 45.6 Å². The molecule has 0 saturated carbocycles. The van der Waals surface area contributed by atoms with Crippen LogP contribution in [0.2, 0.25) is 0 Å². The monoisotopic (exact) mass is 452 g/mol. The first kappa shape index (κ1) is 24.3. The SMILES string of the molecule is CC(C)C(CNC(=O)OCC1c2ccccc2-c2ccccc21)C(=O)NC(C)(C)CC(=O)O. The summed E-state index contributed by atoms with van der Waals surface area (Å²) in [6, 6.07) is 16.2. The van der Waals surface area contributed by atoms with Gasteiger partial charge in [-0.25, -0.2) is 4.79 Å². The summed E-state index contributed by atoms with van der Waals surface area (Å²) < 4.78 is 5.54. The molecule has 0 radical (unpaired) electrons. The second-order valence-electron chi connectivity index (χ2n) is 9.50. The molecular formula is C26H32N2O5. The second kappa shape index (κ2) is 10.1. The maximum absolute atomic E-state index is 12.7. The minimum atomic E-state index is -0.988. The van der Waals surface area contributed by atoms with Crippen LogP contribution in [0.3, 0.4) is 0 Å². The van der Waals surface area contributed by atoms with E-state index in [0.717, 1.165) is 22.3 Å². The van der Waals surface area contributed by atoms with Crippen molar-refractivity contribution in [3.63, 3.8) is 0 Å². The van der Waals surface area contributed by atoms with Gasteiger partial charge in [-0.3, -0.25) is 9.59 Å². The fourth-order valence-electron chi connectivity index (χ4n) is 4.32. The topological polar surface area (TPSA) is 105 Å². The number of carbonyl (C=O) groups is 3. The van der Waals surface area contributed by atoms with E-state index in [1.54, 1.807) is 13.8 Å². The summed E-state index contributed by atoms with van der Waals surface area (Å²) in [5, 5.41) is 14.5. The number of hydrogen-bond acceptors (Lipinski definition) is 4. The van der Waals surface area contributed by atoms with Gasteiger partial charge in [-0.05, 0) is 42.0 Å². The average molecular weight is 453 g/mol. The molecule has 3 N–H and O–H groups in total. The number of nitrogens with one attached hydrogen (secondary N) is 2. The molecule has 0 aromatic heterocycles. The molecule has 2 aromatic carbocycles. The zero-order chi connectivity index (χ0) is 24.2. The van der Waals surface area contributed by atoms with Crippen molar-refractivity contribution in [3.05, 3.63) is 59.7 Å². The first-order valence-corrected chi connectivity index (χ1v) is 11.2. The van der Waals surface area contributed by atoms with Crippen molar-refractivity contribution < 1.29 is 24.2 Å². The lowest BCUT2D eigenvalue weighted by Gasteiger charge is -2.29. The lowest BCUT2D eigenvalue weighted by atomic mass is 9.92. The van der Waals surface area contributed by atoms with Gasteiger partial charge in [-0.15, -0.1) is 0 Å². The first-order valence-electron chi connectivity index (χ1n) is 11.2. The highest BCUT2D eigenvalue weighted by atomic mass is 16.5.